The molecule has 1 amide bonds. The fraction of sp³-hybridized carbons (Fsp3) is 0.286. The highest BCUT2D eigenvalue weighted by atomic mass is 16.5. The second kappa shape index (κ2) is 6.80. The third kappa shape index (κ3) is 2.97. The van der Waals surface area contributed by atoms with Gasteiger partial charge in [-0.15, -0.1) is 5.10 Å². The van der Waals surface area contributed by atoms with Gasteiger partial charge in [-0.3, -0.25) is 4.79 Å². The number of nitrogens with one attached hydrogen (secondary N) is 1. The van der Waals surface area contributed by atoms with E-state index in [0.29, 0.717) is 18.8 Å². The maximum absolute atomic E-state index is 13.1. The van der Waals surface area contributed by atoms with Crippen LogP contribution in [0.25, 0.3) is 16.6 Å². The molecular formula is C21H22N6O2. The van der Waals surface area contributed by atoms with E-state index in [1.54, 1.807) is 17.8 Å². The Bertz CT molecular complexity index is 1200. The molecule has 1 aromatic carbocycles. The zero-order valence-electron chi connectivity index (χ0n) is 16.4. The minimum absolute atomic E-state index is 0.0373. The number of benzene rings is 1. The number of hydrogen-bond donors (Lipinski definition) is 1. The maximum atomic E-state index is 13.1. The highest BCUT2D eigenvalue weighted by Crippen LogP contribution is 2.27. The lowest BCUT2D eigenvalue weighted by molar-refractivity contribution is 0.0741. The summed E-state index contributed by atoms with van der Waals surface area (Å²) in [5.41, 5.74) is 3.38. The Morgan fingerprint density at radius 1 is 1.14 bits per heavy atom. The zero-order valence-corrected chi connectivity index (χ0v) is 16.4. The number of imidazole rings is 1. The summed E-state index contributed by atoms with van der Waals surface area (Å²) < 4.78 is 7.09. The quantitative estimate of drug-likeness (QED) is 0.581. The first kappa shape index (κ1) is 17.5. The highest BCUT2D eigenvalue weighted by Gasteiger charge is 2.26. The molecule has 1 aliphatic rings. The number of fused-ring (bicyclic) bond motifs is 2. The van der Waals surface area contributed by atoms with E-state index in [1.807, 2.05) is 48.4 Å². The predicted molar refractivity (Wildman–Crippen MR) is 111 cm³/mol. The topological polar surface area (TPSA) is 78.8 Å². The molecule has 1 fully saturated rings. The van der Waals surface area contributed by atoms with Gasteiger partial charge in [0, 0.05) is 49.5 Å². The average molecular weight is 390 g/mol. The first-order valence-corrected chi connectivity index (χ1v) is 9.65. The summed E-state index contributed by atoms with van der Waals surface area (Å²) in [4.78, 5) is 24.8. The van der Waals surface area contributed by atoms with E-state index in [-0.39, 0.29) is 5.91 Å². The van der Waals surface area contributed by atoms with Gasteiger partial charge in [0.2, 0.25) is 0 Å². The molecule has 1 aliphatic heterocycles. The Balaban J connectivity index is 1.33. The molecule has 0 unspecified atom stereocenters. The molecule has 3 aromatic heterocycles. The van der Waals surface area contributed by atoms with Gasteiger partial charge in [0.25, 0.3) is 5.91 Å². The number of aryl methyl sites for hydroxylation is 1. The van der Waals surface area contributed by atoms with Crippen LogP contribution in [-0.2, 0) is 0 Å². The van der Waals surface area contributed by atoms with Crippen molar-refractivity contribution in [1.82, 2.24) is 24.5 Å². The number of H-pyrrole nitrogens is 1. The fourth-order valence-electron chi connectivity index (χ4n) is 3.92. The van der Waals surface area contributed by atoms with Crippen LogP contribution in [0.2, 0.25) is 0 Å². The number of carbonyl (C=O) groups is 1. The van der Waals surface area contributed by atoms with Crippen LogP contribution < -0.4 is 9.64 Å². The normalized spacial score (nSPS) is 14.7. The van der Waals surface area contributed by atoms with Gasteiger partial charge in [0.1, 0.15) is 17.3 Å². The van der Waals surface area contributed by atoms with Crippen molar-refractivity contribution in [3.8, 4) is 5.75 Å². The number of amides is 1. The number of hydrogen-bond acceptors (Lipinski definition) is 5. The smallest absolute Gasteiger partial charge is 0.270 e. The minimum Gasteiger partial charge on any atom is -0.497 e. The van der Waals surface area contributed by atoms with Gasteiger partial charge in [0.15, 0.2) is 5.65 Å². The third-order valence-corrected chi connectivity index (χ3v) is 5.61. The van der Waals surface area contributed by atoms with Crippen molar-refractivity contribution in [2.75, 3.05) is 38.2 Å². The molecule has 8 nitrogen and oxygen atoms in total. The van der Waals surface area contributed by atoms with Gasteiger partial charge >= 0.3 is 0 Å². The van der Waals surface area contributed by atoms with Gasteiger partial charge in [-0.25, -0.2) is 9.50 Å². The molecule has 4 heterocycles. The van der Waals surface area contributed by atoms with Gasteiger partial charge < -0.3 is 19.5 Å². The standard InChI is InChI=1S/C21H22N6O2/c1-14-16-13-15(29-2)3-4-17(16)23-20(14)21(28)26-11-9-25(10-12-26)19-6-5-18-22-7-8-27(18)24-19/h3-8,13,23H,9-12H2,1-2H3. The monoisotopic (exact) mass is 390 g/mol. The van der Waals surface area contributed by atoms with E-state index in [4.69, 9.17) is 4.74 Å². The van der Waals surface area contributed by atoms with Crippen LogP contribution >= 0.6 is 0 Å². The molecule has 0 bridgehead atoms. The molecule has 1 saturated heterocycles. The van der Waals surface area contributed by atoms with Crippen LogP contribution in [0, 0.1) is 6.92 Å². The van der Waals surface area contributed by atoms with E-state index in [1.165, 1.54) is 0 Å². The first-order valence-electron chi connectivity index (χ1n) is 9.65. The number of ether oxygens (including phenoxy) is 1. The first-order chi connectivity index (χ1) is 14.1. The highest BCUT2D eigenvalue weighted by molar-refractivity contribution is 6.01. The zero-order chi connectivity index (χ0) is 20.0. The average Bonchev–Trinajstić information content (AvgIpc) is 3.37. The Kier molecular flexibility index (Phi) is 4.12. The van der Waals surface area contributed by atoms with Crippen molar-refractivity contribution in [2.24, 2.45) is 0 Å². The molecular weight excluding hydrogens is 368 g/mol. The molecule has 0 radical (unpaired) electrons. The van der Waals surface area contributed by atoms with Gasteiger partial charge in [-0.1, -0.05) is 0 Å². The third-order valence-electron chi connectivity index (χ3n) is 5.61. The summed E-state index contributed by atoms with van der Waals surface area (Å²) in [6.07, 6.45) is 3.58. The van der Waals surface area contributed by atoms with Gasteiger partial charge in [0.05, 0.1) is 7.11 Å². The number of nitrogens with zero attached hydrogens (tertiary/aromatic N) is 5. The van der Waals surface area contributed by atoms with Crippen molar-refractivity contribution >= 4 is 28.3 Å². The Morgan fingerprint density at radius 3 is 2.76 bits per heavy atom. The number of aromatic amines is 1. The van der Waals surface area contributed by atoms with E-state index < -0.39 is 0 Å². The molecule has 148 valence electrons. The van der Waals surface area contributed by atoms with Crippen LogP contribution in [0.5, 0.6) is 5.75 Å². The molecule has 0 aliphatic carbocycles. The number of methoxy groups -OCH3 is 1. The summed E-state index contributed by atoms with van der Waals surface area (Å²) in [6.45, 7) is 4.77. The Hall–Kier alpha value is -3.55. The summed E-state index contributed by atoms with van der Waals surface area (Å²) in [6, 6.07) is 9.76. The number of aromatic nitrogens is 4. The lowest BCUT2D eigenvalue weighted by Gasteiger charge is -2.35. The SMILES string of the molecule is COc1ccc2[nH]c(C(=O)N3CCN(c4ccc5nccn5n4)CC3)c(C)c2c1. The lowest BCUT2D eigenvalue weighted by Crippen LogP contribution is -2.49. The summed E-state index contributed by atoms with van der Waals surface area (Å²) in [7, 11) is 1.65. The largest absolute Gasteiger partial charge is 0.497 e. The van der Waals surface area contributed by atoms with Crippen molar-refractivity contribution in [2.45, 2.75) is 6.92 Å². The van der Waals surface area contributed by atoms with Crippen molar-refractivity contribution in [3.05, 3.63) is 54.0 Å². The van der Waals surface area contributed by atoms with Gasteiger partial charge in [-0.05, 0) is 42.8 Å². The van der Waals surface area contributed by atoms with Crippen LogP contribution in [0.15, 0.2) is 42.7 Å². The van der Waals surface area contributed by atoms with Gasteiger partial charge in [-0.2, -0.15) is 0 Å². The Labute approximate surface area is 167 Å². The van der Waals surface area contributed by atoms with Crippen molar-refractivity contribution < 1.29 is 9.53 Å². The van der Waals surface area contributed by atoms with Crippen LogP contribution in [0.1, 0.15) is 16.1 Å². The van der Waals surface area contributed by atoms with Crippen molar-refractivity contribution in [3.63, 3.8) is 0 Å². The second-order valence-corrected chi connectivity index (χ2v) is 7.24. The lowest BCUT2D eigenvalue weighted by atomic mass is 10.1. The van der Waals surface area contributed by atoms with Crippen LogP contribution in [-0.4, -0.2) is 63.7 Å². The maximum Gasteiger partial charge on any atom is 0.270 e. The number of anilines is 1. The van der Waals surface area contributed by atoms with E-state index in [9.17, 15) is 4.79 Å². The summed E-state index contributed by atoms with van der Waals surface area (Å²) in [5, 5.41) is 5.62. The van der Waals surface area contributed by atoms with E-state index in [2.05, 4.69) is 20.0 Å². The number of carbonyl (C=O) groups excluding carboxylic acids is 1. The molecule has 1 N–H and O–H groups in total. The predicted octanol–water partition coefficient (Wildman–Crippen LogP) is 2.49. The molecule has 0 saturated carbocycles. The molecule has 0 atom stereocenters. The fourth-order valence-corrected chi connectivity index (χ4v) is 3.92. The van der Waals surface area contributed by atoms with E-state index in [0.717, 1.165) is 46.8 Å². The molecule has 4 aromatic rings. The number of piperazine rings is 1. The van der Waals surface area contributed by atoms with Crippen LogP contribution in [0.4, 0.5) is 5.82 Å². The van der Waals surface area contributed by atoms with Crippen LogP contribution in [0.3, 0.4) is 0 Å². The molecule has 8 heteroatoms. The summed E-state index contributed by atoms with van der Waals surface area (Å²) in [5.74, 6) is 1.72. The van der Waals surface area contributed by atoms with Crippen molar-refractivity contribution in [1.29, 1.82) is 0 Å². The molecule has 0 spiro atoms. The minimum atomic E-state index is 0.0373. The number of rotatable bonds is 3. The molecule has 29 heavy (non-hydrogen) atoms. The molecule has 5 rings (SSSR count). The summed E-state index contributed by atoms with van der Waals surface area (Å²) >= 11 is 0. The van der Waals surface area contributed by atoms with E-state index >= 15 is 0 Å². The second-order valence-electron chi connectivity index (χ2n) is 7.24. The Morgan fingerprint density at radius 2 is 1.97 bits per heavy atom.